The first-order valence-electron chi connectivity index (χ1n) is 2.56. The van der Waals surface area contributed by atoms with Gasteiger partial charge in [-0.2, -0.15) is 0 Å². The van der Waals surface area contributed by atoms with Gasteiger partial charge in [-0.15, -0.1) is 11.6 Å². The van der Waals surface area contributed by atoms with Crippen molar-refractivity contribution < 1.29 is 19.8 Å². The van der Waals surface area contributed by atoms with E-state index in [1.807, 2.05) is 0 Å². The molecule has 4 nitrogen and oxygen atoms in total. The van der Waals surface area contributed by atoms with E-state index in [1.54, 1.807) is 0 Å². The van der Waals surface area contributed by atoms with E-state index in [0.29, 0.717) is 0 Å². The van der Waals surface area contributed by atoms with E-state index in [1.165, 1.54) is 6.92 Å². The van der Waals surface area contributed by atoms with E-state index >= 15 is 0 Å². The number of halogens is 1. The molecule has 0 amide bonds. The van der Waals surface area contributed by atoms with Crippen LogP contribution in [-0.4, -0.2) is 27.5 Å². The van der Waals surface area contributed by atoms with Gasteiger partial charge in [0.2, 0.25) is 0 Å². The van der Waals surface area contributed by atoms with Crippen molar-refractivity contribution in [2.75, 3.05) is 0 Å². The molecule has 0 rings (SSSR count). The smallest absolute Gasteiger partial charge is 0.322 e. The minimum Gasteiger partial charge on any atom is -0.481 e. The number of carboxylic acids is 2. The van der Waals surface area contributed by atoms with Gasteiger partial charge in [0.15, 0.2) is 0 Å². The molecule has 0 aromatic carbocycles. The fraction of sp³-hybridized carbons (Fsp3) is 0.600. The lowest BCUT2D eigenvalue weighted by Crippen LogP contribution is -2.27. The van der Waals surface area contributed by atoms with Gasteiger partial charge in [0, 0.05) is 0 Å². The molecule has 0 saturated carbocycles. The molecule has 0 unspecified atom stereocenters. The second-order valence-corrected chi connectivity index (χ2v) is 2.34. The van der Waals surface area contributed by atoms with Crippen LogP contribution in [0.25, 0.3) is 0 Å². The molecule has 0 spiro atoms. The predicted molar refractivity (Wildman–Crippen MR) is 34.1 cm³/mol. The van der Waals surface area contributed by atoms with Crippen LogP contribution in [0.4, 0.5) is 0 Å². The van der Waals surface area contributed by atoms with E-state index in [9.17, 15) is 9.59 Å². The summed E-state index contributed by atoms with van der Waals surface area (Å²) in [5, 5.41) is 15.1. The Kier molecular flexibility index (Phi) is 3.15. The average Bonchev–Trinajstić information content (AvgIpc) is 1.84. The van der Waals surface area contributed by atoms with Crippen LogP contribution in [0.15, 0.2) is 0 Å². The third-order valence-corrected chi connectivity index (χ3v) is 1.63. The van der Waals surface area contributed by atoms with Gasteiger partial charge in [-0.05, 0) is 6.92 Å². The number of rotatable bonds is 3. The molecule has 2 N–H and O–H groups in total. The summed E-state index contributed by atoms with van der Waals surface area (Å²) in [5.74, 6) is -3.57. The van der Waals surface area contributed by atoms with Crippen molar-refractivity contribution in [3.8, 4) is 0 Å². The summed E-state index contributed by atoms with van der Waals surface area (Å²) < 4.78 is 0. The zero-order chi connectivity index (χ0) is 8.31. The van der Waals surface area contributed by atoms with Gasteiger partial charge in [-0.25, -0.2) is 0 Å². The second-order valence-electron chi connectivity index (χ2n) is 1.87. The molecule has 0 saturated heterocycles. The van der Waals surface area contributed by atoms with Gasteiger partial charge in [0.1, 0.15) is 5.38 Å². The third kappa shape index (κ3) is 2.23. The molecule has 10 heavy (non-hydrogen) atoms. The molecule has 0 fully saturated rings. The average molecular weight is 167 g/mol. The Morgan fingerprint density at radius 2 is 1.70 bits per heavy atom. The first kappa shape index (κ1) is 9.23. The molecule has 0 aliphatic heterocycles. The molecular weight excluding hydrogens is 160 g/mol. The van der Waals surface area contributed by atoms with Crippen LogP contribution in [0.2, 0.25) is 0 Å². The van der Waals surface area contributed by atoms with Gasteiger partial charge >= 0.3 is 11.9 Å². The molecule has 0 aliphatic rings. The fourth-order valence-corrected chi connectivity index (χ4v) is 0.447. The van der Waals surface area contributed by atoms with Crippen molar-refractivity contribution in [2.24, 2.45) is 5.92 Å². The second kappa shape index (κ2) is 3.41. The lowest BCUT2D eigenvalue weighted by molar-refractivity contribution is -0.147. The zero-order valence-corrected chi connectivity index (χ0v) is 6.00. The fourth-order valence-electron chi connectivity index (χ4n) is 0.339. The maximum Gasteiger partial charge on any atom is 0.322 e. The lowest BCUT2D eigenvalue weighted by Gasteiger charge is -2.07. The number of carboxylic acid groups (broad SMARTS) is 2. The molecule has 0 aromatic heterocycles. The Morgan fingerprint density at radius 3 is 1.80 bits per heavy atom. The van der Waals surface area contributed by atoms with Crippen molar-refractivity contribution in [2.45, 2.75) is 12.3 Å². The molecule has 0 radical (unpaired) electrons. The van der Waals surface area contributed by atoms with Crippen molar-refractivity contribution in [1.82, 2.24) is 0 Å². The molecular formula is C5H7ClO4. The largest absolute Gasteiger partial charge is 0.481 e. The number of hydrogen-bond acceptors (Lipinski definition) is 2. The van der Waals surface area contributed by atoms with Crippen LogP contribution in [-0.2, 0) is 9.59 Å². The van der Waals surface area contributed by atoms with Gasteiger partial charge < -0.3 is 10.2 Å². The van der Waals surface area contributed by atoms with Crippen LogP contribution in [0, 0.1) is 5.92 Å². The molecule has 0 bridgehead atoms. The predicted octanol–water partition coefficient (Wildman–Crippen LogP) is 0.399. The molecule has 0 aromatic rings. The Hall–Kier alpha value is -0.770. The Bertz CT molecular complexity index is 138. The van der Waals surface area contributed by atoms with Crippen LogP contribution < -0.4 is 0 Å². The van der Waals surface area contributed by atoms with Crippen molar-refractivity contribution >= 4 is 23.5 Å². The van der Waals surface area contributed by atoms with Crippen LogP contribution in [0.5, 0.6) is 0 Å². The molecule has 58 valence electrons. The summed E-state index contributed by atoms with van der Waals surface area (Å²) in [6.45, 7) is 1.24. The number of aliphatic carboxylic acids is 2. The van der Waals surface area contributed by atoms with Crippen molar-refractivity contribution in [1.29, 1.82) is 0 Å². The molecule has 5 heteroatoms. The van der Waals surface area contributed by atoms with Gasteiger partial charge in [-0.1, -0.05) is 0 Å². The molecule has 0 aliphatic carbocycles. The lowest BCUT2D eigenvalue weighted by atomic mass is 10.1. The quantitative estimate of drug-likeness (QED) is 0.595. The minimum atomic E-state index is -1.35. The highest BCUT2D eigenvalue weighted by Crippen LogP contribution is 2.10. The maximum absolute atomic E-state index is 10.1. The van der Waals surface area contributed by atoms with Gasteiger partial charge in [0.05, 0.1) is 5.92 Å². The van der Waals surface area contributed by atoms with E-state index in [2.05, 4.69) is 0 Å². The standard InChI is InChI=1S/C5H7ClO4/c1-2(4(7)8)3(6)5(9)10/h2-3H,1H3,(H,7,8)(H,9,10)/t2-,3+/m1/s1. The van der Waals surface area contributed by atoms with Crippen LogP contribution in [0.3, 0.4) is 0 Å². The van der Waals surface area contributed by atoms with Gasteiger partial charge in [-0.3, -0.25) is 9.59 Å². The first-order chi connectivity index (χ1) is 4.46. The van der Waals surface area contributed by atoms with Gasteiger partial charge in [0.25, 0.3) is 0 Å². The molecule has 0 heterocycles. The Morgan fingerprint density at radius 1 is 1.30 bits per heavy atom. The monoisotopic (exact) mass is 166 g/mol. The van der Waals surface area contributed by atoms with Crippen molar-refractivity contribution in [3.63, 3.8) is 0 Å². The normalized spacial score (nSPS) is 15.8. The highest BCUT2D eigenvalue weighted by atomic mass is 35.5. The first-order valence-corrected chi connectivity index (χ1v) is 3.00. The van der Waals surface area contributed by atoms with Crippen LogP contribution in [0.1, 0.15) is 6.92 Å². The molecule has 2 atom stereocenters. The summed E-state index contributed by atoms with van der Waals surface area (Å²) in [7, 11) is 0. The summed E-state index contributed by atoms with van der Waals surface area (Å²) in [5.41, 5.74) is 0. The summed E-state index contributed by atoms with van der Waals surface area (Å²) in [6.07, 6.45) is 0. The summed E-state index contributed by atoms with van der Waals surface area (Å²) >= 11 is 5.18. The Labute approximate surface area is 62.4 Å². The SMILES string of the molecule is C[C@@H](C(=O)O)[C@H](Cl)C(=O)O. The summed E-state index contributed by atoms with van der Waals surface area (Å²) in [6, 6.07) is 0. The third-order valence-electron chi connectivity index (χ3n) is 1.06. The van der Waals surface area contributed by atoms with Crippen LogP contribution >= 0.6 is 11.6 Å². The number of hydrogen-bond donors (Lipinski definition) is 2. The van der Waals surface area contributed by atoms with E-state index in [4.69, 9.17) is 21.8 Å². The Balaban J connectivity index is 4.07. The minimum absolute atomic E-state index is 1.06. The van der Waals surface area contributed by atoms with E-state index < -0.39 is 23.2 Å². The van der Waals surface area contributed by atoms with E-state index in [0.717, 1.165) is 0 Å². The number of alkyl halides is 1. The van der Waals surface area contributed by atoms with E-state index in [-0.39, 0.29) is 0 Å². The highest BCUT2D eigenvalue weighted by molar-refractivity contribution is 6.30. The topological polar surface area (TPSA) is 74.6 Å². The highest BCUT2D eigenvalue weighted by Gasteiger charge is 2.27. The number of carbonyl (C=O) groups is 2. The van der Waals surface area contributed by atoms with Crippen molar-refractivity contribution in [3.05, 3.63) is 0 Å². The maximum atomic E-state index is 10.1. The zero-order valence-electron chi connectivity index (χ0n) is 5.24. The summed E-state index contributed by atoms with van der Waals surface area (Å²) in [4.78, 5) is 20.1.